The maximum absolute atomic E-state index is 13.5. The van der Waals surface area contributed by atoms with Crippen molar-refractivity contribution in [2.75, 3.05) is 33.9 Å². The van der Waals surface area contributed by atoms with Crippen molar-refractivity contribution in [2.45, 2.75) is 26.2 Å². The molecule has 0 spiro atoms. The number of methoxy groups -OCH3 is 2. The van der Waals surface area contributed by atoms with Crippen LogP contribution < -0.4 is 4.74 Å². The molecule has 5 heteroatoms. The summed E-state index contributed by atoms with van der Waals surface area (Å²) in [6.45, 7) is 6.45. The molecule has 3 aromatic carbocycles. The van der Waals surface area contributed by atoms with Gasteiger partial charge in [0.2, 0.25) is 0 Å². The van der Waals surface area contributed by atoms with Gasteiger partial charge in [-0.05, 0) is 41.9 Å². The molecule has 0 bridgehead atoms. The molecule has 0 unspecified atom stereocenters. The zero-order chi connectivity index (χ0) is 23.8. The Morgan fingerprint density at radius 3 is 2.27 bits per heavy atom. The topological polar surface area (TPSA) is 62.6 Å². The normalized spacial score (nSPS) is 13.8. The van der Waals surface area contributed by atoms with Gasteiger partial charge in [-0.2, -0.15) is 5.26 Å². The van der Waals surface area contributed by atoms with Gasteiger partial charge < -0.3 is 14.4 Å². The lowest BCUT2D eigenvalue weighted by Crippen LogP contribution is -2.41. The number of hydrogen-bond acceptors (Lipinski definition) is 5. The van der Waals surface area contributed by atoms with Gasteiger partial charge in [0.1, 0.15) is 5.75 Å². The van der Waals surface area contributed by atoms with Crippen LogP contribution in [0.5, 0.6) is 5.75 Å². The first-order valence-electron chi connectivity index (χ1n) is 11.4. The first kappa shape index (κ1) is 24.3. The number of esters is 1. The molecule has 33 heavy (non-hydrogen) atoms. The van der Waals surface area contributed by atoms with Crippen LogP contribution in [0.15, 0.2) is 66.7 Å². The van der Waals surface area contributed by atoms with E-state index < -0.39 is 17.3 Å². The molecule has 0 aliphatic carbocycles. The van der Waals surface area contributed by atoms with Gasteiger partial charge in [-0.25, -0.2) is 0 Å². The van der Waals surface area contributed by atoms with Crippen molar-refractivity contribution in [3.63, 3.8) is 0 Å². The molecule has 0 heterocycles. The minimum absolute atomic E-state index is 0.337. The van der Waals surface area contributed by atoms with E-state index in [4.69, 9.17) is 9.47 Å². The van der Waals surface area contributed by atoms with Crippen molar-refractivity contribution < 1.29 is 14.3 Å². The Morgan fingerprint density at radius 1 is 0.970 bits per heavy atom. The molecule has 0 radical (unpaired) electrons. The third-order valence-corrected chi connectivity index (χ3v) is 6.54. The van der Waals surface area contributed by atoms with Gasteiger partial charge in [0.05, 0.1) is 20.3 Å². The van der Waals surface area contributed by atoms with Crippen LogP contribution in [0.25, 0.3) is 10.8 Å². The Labute approximate surface area is 196 Å². The number of carbonyl (C=O) groups excluding carboxylic acids is 1. The molecular weight excluding hydrogens is 412 g/mol. The van der Waals surface area contributed by atoms with E-state index in [1.165, 1.54) is 7.11 Å². The van der Waals surface area contributed by atoms with Gasteiger partial charge in [-0.15, -0.1) is 0 Å². The smallest absolute Gasteiger partial charge is 0.327 e. The fourth-order valence-electron chi connectivity index (χ4n) is 4.69. The highest BCUT2D eigenvalue weighted by Crippen LogP contribution is 2.49. The highest BCUT2D eigenvalue weighted by molar-refractivity contribution is 5.90. The second kappa shape index (κ2) is 11.0. The largest absolute Gasteiger partial charge is 0.496 e. The monoisotopic (exact) mass is 444 g/mol. The minimum atomic E-state index is -1.43. The Balaban J connectivity index is 2.34. The summed E-state index contributed by atoms with van der Waals surface area (Å²) < 4.78 is 11.0. The first-order valence-corrected chi connectivity index (χ1v) is 11.4. The van der Waals surface area contributed by atoms with Crippen LogP contribution >= 0.6 is 0 Å². The molecule has 3 rings (SSSR count). The highest BCUT2D eigenvalue weighted by Gasteiger charge is 2.50. The Morgan fingerprint density at radius 2 is 1.61 bits per heavy atom. The number of carbonyl (C=O) groups is 1. The number of rotatable bonds is 10. The second-order valence-corrected chi connectivity index (χ2v) is 8.09. The van der Waals surface area contributed by atoms with Crippen molar-refractivity contribution in [3.8, 4) is 11.8 Å². The molecule has 0 N–H and O–H groups in total. The standard InChI is InChI=1S/C28H32N2O3/c1-5-30(6-2)19-18-28(20-29,27(31)33-4)26(24-15-9-10-17-25(24)32-3)23-16-11-13-21-12-7-8-14-22(21)23/h7-17,26H,5-6,18-19H2,1-4H3/t26-,28+/m0/s1. The lowest BCUT2D eigenvalue weighted by Gasteiger charge is -2.36. The lowest BCUT2D eigenvalue weighted by atomic mass is 9.66. The quantitative estimate of drug-likeness (QED) is 0.392. The van der Waals surface area contributed by atoms with E-state index in [1.54, 1.807) is 7.11 Å². The molecule has 0 fully saturated rings. The Hall–Kier alpha value is -3.36. The molecule has 0 saturated heterocycles. The molecule has 2 atom stereocenters. The summed E-state index contributed by atoms with van der Waals surface area (Å²) >= 11 is 0. The fourth-order valence-corrected chi connectivity index (χ4v) is 4.69. The van der Waals surface area contributed by atoms with E-state index in [-0.39, 0.29) is 0 Å². The summed E-state index contributed by atoms with van der Waals surface area (Å²) in [6, 6.07) is 24.1. The van der Waals surface area contributed by atoms with Crippen LogP contribution in [0.2, 0.25) is 0 Å². The molecule has 172 valence electrons. The Kier molecular flexibility index (Phi) is 8.08. The Bertz CT molecular complexity index is 1130. The van der Waals surface area contributed by atoms with Gasteiger partial charge in [0.15, 0.2) is 5.41 Å². The molecule has 0 saturated carbocycles. The summed E-state index contributed by atoms with van der Waals surface area (Å²) in [5, 5.41) is 12.7. The molecule has 0 amide bonds. The van der Waals surface area contributed by atoms with E-state index in [2.05, 4.69) is 24.8 Å². The molecule has 0 aliphatic rings. The summed E-state index contributed by atoms with van der Waals surface area (Å²) in [6.07, 6.45) is 0.337. The van der Waals surface area contributed by atoms with E-state index in [1.807, 2.05) is 66.7 Å². The van der Waals surface area contributed by atoms with Crippen molar-refractivity contribution in [1.29, 1.82) is 5.26 Å². The minimum Gasteiger partial charge on any atom is -0.496 e. The second-order valence-electron chi connectivity index (χ2n) is 8.09. The number of ether oxygens (including phenoxy) is 2. The molecule has 0 aromatic heterocycles. The fraction of sp³-hybridized carbons (Fsp3) is 0.357. The number of nitrogens with zero attached hydrogens (tertiary/aromatic N) is 2. The van der Waals surface area contributed by atoms with Crippen LogP contribution in [-0.4, -0.2) is 44.7 Å². The number of benzene rings is 3. The molecular formula is C28H32N2O3. The van der Waals surface area contributed by atoms with Crippen molar-refractivity contribution in [2.24, 2.45) is 5.41 Å². The van der Waals surface area contributed by atoms with Crippen LogP contribution in [0, 0.1) is 16.7 Å². The molecule has 0 aliphatic heterocycles. The molecule has 3 aromatic rings. The van der Waals surface area contributed by atoms with E-state index >= 15 is 0 Å². The summed E-state index contributed by atoms with van der Waals surface area (Å²) in [4.78, 5) is 15.7. The maximum Gasteiger partial charge on any atom is 0.327 e. The summed E-state index contributed by atoms with van der Waals surface area (Å²) in [5.41, 5.74) is 0.266. The SMILES string of the molecule is CCN(CC)CC[C@](C#N)(C(=O)OC)[C@H](c1ccccc1OC)c1cccc2ccccc12. The van der Waals surface area contributed by atoms with Crippen molar-refractivity contribution in [3.05, 3.63) is 77.9 Å². The summed E-state index contributed by atoms with van der Waals surface area (Å²) in [5.74, 6) is -0.462. The zero-order valence-electron chi connectivity index (χ0n) is 19.9. The third-order valence-electron chi connectivity index (χ3n) is 6.54. The first-order chi connectivity index (χ1) is 16.1. The summed E-state index contributed by atoms with van der Waals surface area (Å²) in [7, 11) is 2.97. The predicted molar refractivity (Wildman–Crippen MR) is 131 cm³/mol. The van der Waals surface area contributed by atoms with E-state index in [0.717, 1.165) is 35.0 Å². The van der Waals surface area contributed by atoms with Crippen molar-refractivity contribution >= 4 is 16.7 Å². The van der Waals surface area contributed by atoms with Gasteiger partial charge >= 0.3 is 5.97 Å². The highest BCUT2D eigenvalue weighted by atomic mass is 16.5. The zero-order valence-corrected chi connectivity index (χ0v) is 19.9. The predicted octanol–water partition coefficient (Wildman–Crippen LogP) is 5.40. The van der Waals surface area contributed by atoms with E-state index in [0.29, 0.717) is 18.7 Å². The molecule has 5 nitrogen and oxygen atoms in total. The van der Waals surface area contributed by atoms with Gasteiger partial charge in [0.25, 0.3) is 0 Å². The van der Waals surface area contributed by atoms with Gasteiger partial charge in [-0.1, -0.05) is 74.5 Å². The average Bonchev–Trinajstić information content (AvgIpc) is 2.88. The van der Waals surface area contributed by atoms with Gasteiger partial charge in [0, 0.05) is 18.0 Å². The number of para-hydroxylation sites is 1. The number of fused-ring (bicyclic) bond motifs is 1. The van der Waals surface area contributed by atoms with Crippen LogP contribution in [-0.2, 0) is 9.53 Å². The third kappa shape index (κ3) is 4.72. The average molecular weight is 445 g/mol. The van der Waals surface area contributed by atoms with Crippen LogP contribution in [0.4, 0.5) is 0 Å². The number of nitriles is 1. The van der Waals surface area contributed by atoms with Gasteiger partial charge in [-0.3, -0.25) is 4.79 Å². The van der Waals surface area contributed by atoms with Crippen LogP contribution in [0.1, 0.15) is 37.3 Å². The van der Waals surface area contributed by atoms with Crippen molar-refractivity contribution in [1.82, 2.24) is 4.90 Å². The van der Waals surface area contributed by atoms with Crippen LogP contribution in [0.3, 0.4) is 0 Å². The lowest BCUT2D eigenvalue weighted by molar-refractivity contribution is -0.150. The maximum atomic E-state index is 13.5. The number of hydrogen-bond donors (Lipinski definition) is 0. The van der Waals surface area contributed by atoms with E-state index in [9.17, 15) is 10.1 Å².